The van der Waals surface area contributed by atoms with E-state index in [1.165, 1.54) is 10.3 Å². The van der Waals surface area contributed by atoms with Crippen molar-refractivity contribution in [2.45, 2.75) is 19.0 Å². The molecule has 84 valence electrons. The van der Waals surface area contributed by atoms with Crippen molar-refractivity contribution in [2.75, 3.05) is 13.1 Å². The fourth-order valence-electron chi connectivity index (χ4n) is 2.11. The van der Waals surface area contributed by atoms with Crippen molar-refractivity contribution in [1.29, 1.82) is 0 Å². The molecule has 2 N–H and O–H groups in total. The molecule has 0 spiro atoms. The summed E-state index contributed by atoms with van der Waals surface area (Å²) in [4.78, 5) is 4.36. The first kappa shape index (κ1) is 10.2. The van der Waals surface area contributed by atoms with Crippen molar-refractivity contribution in [3.8, 4) is 0 Å². The first-order valence-electron chi connectivity index (χ1n) is 5.63. The van der Waals surface area contributed by atoms with Gasteiger partial charge in [0.15, 0.2) is 0 Å². The Morgan fingerprint density at radius 2 is 2.25 bits per heavy atom. The van der Waals surface area contributed by atoms with Crippen LogP contribution in [0, 0.1) is 0 Å². The van der Waals surface area contributed by atoms with E-state index in [9.17, 15) is 0 Å². The Balaban J connectivity index is 1.87. The molecule has 0 saturated carbocycles. The van der Waals surface area contributed by atoms with Crippen LogP contribution in [0.3, 0.4) is 0 Å². The smallest absolute Gasteiger partial charge is 0.0815 e. The van der Waals surface area contributed by atoms with Crippen LogP contribution in [0.5, 0.6) is 0 Å². The van der Waals surface area contributed by atoms with Gasteiger partial charge in [0.05, 0.1) is 15.7 Å². The van der Waals surface area contributed by atoms with E-state index >= 15 is 0 Å². The zero-order valence-corrected chi connectivity index (χ0v) is 10.1. The molecule has 2 heterocycles. The summed E-state index contributed by atoms with van der Waals surface area (Å²) in [5, 5.41) is 7.05. The van der Waals surface area contributed by atoms with Crippen molar-refractivity contribution >= 4 is 21.6 Å². The van der Waals surface area contributed by atoms with Gasteiger partial charge in [0.25, 0.3) is 0 Å². The molecular weight excluding hydrogens is 218 g/mol. The molecule has 1 aromatic carbocycles. The van der Waals surface area contributed by atoms with Gasteiger partial charge in [0, 0.05) is 25.2 Å². The molecule has 1 fully saturated rings. The molecular formula is C12H15N3S. The predicted octanol–water partition coefficient (Wildman–Crippen LogP) is 1.92. The molecule has 1 aliphatic heterocycles. The van der Waals surface area contributed by atoms with Crippen LogP contribution in [0.15, 0.2) is 23.7 Å². The average molecular weight is 233 g/mol. The summed E-state index contributed by atoms with van der Waals surface area (Å²) in [7, 11) is 0. The highest BCUT2D eigenvalue weighted by molar-refractivity contribution is 7.16. The number of hydrogen-bond donors (Lipinski definition) is 2. The second kappa shape index (κ2) is 4.13. The normalized spacial score (nSPS) is 26.1. The number of nitrogens with one attached hydrogen (secondary N) is 2. The molecule has 2 aromatic rings. The Kier molecular flexibility index (Phi) is 2.63. The third-order valence-electron chi connectivity index (χ3n) is 3.10. The Morgan fingerprint density at radius 1 is 1.31 bits per heavy atom. The van der Waals surface area contributed by atoms with Crippen molar-refractivity contribution in [2.24, 2.45) is 0 Å². The molecule has 3 nitrogen and oxygen atoms in total. The lowest BCUT2D eigenvalue weighted by Gasteiger charge is -2.29. The molecule has 0 unspecified atom stereocenters. The second-order valence-electron chi connectivity index (χ2n) is 4.35. The average Bonchev–Trinajstić information content (AvgIpc) is 2.77. The van der Waals surface area contributed by atoms with Crippen LogP contribution in [0.4, 0.5) is 0 Å². The van der Waals surface area contributed by atoms with E-state index in [4.69, 9.17) is 0 Å². The van der Waals surface area contributed by atoms with Gasteiger partial charge >= 0.3 is 0 Å². The highest BCUT2D eigenvalue weighted by Crippen LogP contribution is 2.23. The Morgan fingerprint density at radius 3 is 3.06 bits per heavy atom. The third kappa shape index (κ3) is 1.84. The van der Waals surface area contributed by atoms with E-state index in [2.05, 4.69) is 40.7 Å². The lowest BCUT2D eigenvalue weighted by molar-refractivity contribution is 0.367. The molecule has 1 saturated heterocycles. The van der Waals surface area contributed by atoms with Crippen LogP contribution in [-0.4, -0.2) is 24.1 Å². The summed E-state index contributed by atoms with van der Waals surface area (Å²) in [6.45, 7) is 4.23. The number of piperazine rings is 1. The van der Waals surface area contributed by atoms with E-state index in [0.29, 0.717) is 12.1 Å². The number of aromatic nitrogens is 1. The minimum absolute atomic E-state index is 0.419. The lowest BCUT2D eigenvalue weighted by Crippen LogP contribution is -2.48. The van der Waals surface area contributed by atoms with Gasteiger partial charge in [0.1, 0.15) is 0 Å². The van der Waals surface area contributed by atoms with Crippen LogP contribution >= 0.6 is 11.3 Å². The van der Waals surface area contributed by atoms with Gasteiger partial charge < -0.3 is 10.6 Å². The molecule has 1 aromatic heterocycles. The van der Waals surface area contributed by atoms with E-state index in [-0.39, 0.29) is 0 Å². The zero-order chi connectivity index (χ0) is 11.0. The van der Waals surface area contributed by atoms with E-state index in [1.54, 1.807) is 11.3 Å². The van der Waals surface area contributed by atoms with Crippen LogP contribution in [0.25, 0.3) is 10.2 Å². The Bertz CT molecular complexity index is 486. The standard InChI is InChI=1S/C12H15N3S/c1-8-5-14-11(6-13-8)9-2-3-12-10(4-9)15-7-16-12/h2-4,7-8,11,13-14H,5-6H2,1H3/t8-,11-/m1/s1. The number of nitrogens with zero attached hydrogens (tertiary/aromatic N) is 1. The first-order valence-corrected chi connectivity index (χ1v) is 6.51. The van der Waals surface area contributed by atoms with Gasteiger partial charge in [-0.05, 0) is 24.6 Å². The van der Waals surface area contributed by atoms with Crippen LogP contribution in [0.2, 0.25) is 0 Å². The molecule has 0 amide bonds. The van der Waals surface area contributed by atoms with Crippen LogP contribution in [0.1, 0.15) is 18.5 Å². The van der Waals surface area contributed by atoms with Crippen molar-refractivity contribution in [3.63, 3.8) is 0 Å². The third-order valence-corrected chi connectivity index (χ3v) is 3.91. The maximum absolute atomic E-state index is 4.36. The Labute approximate surface area is 98.9 Å². The van der Waals surface area contributed by atoms with Crippen molar-refractivity contribution in [3.05, 3.63) is 29.3 Å². The monoisotopic (exact) mass is 233 g/mol. The van der Waals surface area contributed by atoms with Crippen molar-refractivity contribution in [1.82, 2.24) is 15.6 Å². The van der Waals surface area contributed by atoms with Gasteiger partial charge in [-0.15, -0.1) is 11.3 Å². The molecule has 2 atom stereocenters. The van der Waals surface area contributed by atoms with Crippen molar-refractivity contribution < 1.29 is 0 Å². The number of thiazole rings is 1. The SMILES string of the molecule is C[C@@H]1CN[C@@H](c2ccc3scnc3c2)CN1. The number of hydrogen-bond acceptors (Lipinski definition) is 4. The van der Waals surface area contributed by atoms with Gasteiger partial charge in [-0.3, -0.25) is 0 Å². The number of benzene rings is 1. The summed E-state index contributed by atoms with van der Waals surface area (Å²) < 4.78 is 1.26. The van der Waals surface area contributed by atoms with Gasteiger partial charge in [-0.1, -0.05) is 6.07 Å². The zero-order valence-electron chi connectivity index (χ0n) is 9.23. The van der Waals surface area contributed by atoms with Crippen LogP contribution < -0.4 is 10.6 Å². The molecule has 16 heavy (non-hydrogen) atoms. The summed E-state index contributed by atoms with van der Waals surface area (Å²) in [5.74, 6) is 0. The quantitative estimate of drug-likeness (QED) is 0.790. The summed E-state index contributed by atoms with van der Waals surface area (Å²) in [6.07, 6.45) is 0. The van der Waals surface area contributed by atoms with E-state index < -0.39 is 0 Å². The topological polar surface area (TPSA) is 37.0 Å². The Hall–Kier alpha value is -0.970. The molecule has 3 rings (SSSR count). The van der Waals surface area contributed by atoms with E-state index in [1.807, 2.05) is 5.51 Å². The fraction of sp³-hybridized carbons (Fsp3) is 0.417. The second-order valence-corrected chi connectivity index (χ2v) is 5.24. The van der Waals surface area contributed by atoms with Crippen LogP contribution in [-0.2, 0) is 0 Å². The fourth-order valence-corrected chi connectivity index (χ4v) is 2.77. The minimum atomic E-state index is 0.419. The molecule has 0 bridgehead atoms. The summed E-state index contributed by atoms with van der Waals surface area (Å²) in [6, 6.07) is 7.56. The maximum Gasteiger partial charge on any atom is 0.0815 e. The van der Waals surface area contributed by atoms with Gasteiger partial charge in [0.2, 0.25) is 0 Å². The number of rotatable bonds is 1. The predicted molar refractivity (Wildman–Crippen MR) is 67.8 cm³/mol. The number of fused-ring (bicyclic) bond motifs is 1. The largest absolute Gasteiger partial charge is 0.311 e. The van der Waals surface area contributed by atoms with Gasteiger partial charge in [-0.25, -0.2) is 4.98 Å². The first-order chi connectivity index (χ1) is 7.83. The summed E-state index contributed by atoms with van der Waals surface area (Å²) >= 11 is 1.70. The summed E-state index contributed by atoms with van der Waals surface area (Å²) in [5.41, 5.74) is 4.35. The highest BCUT2D eigenvalue weighted by atomic mass is 32.1. The van der Waals surface area contributed by atoms with E-state index in [0.717, 1.165) is 18.6 Å². The molecule has 4 heteroatoms. The molecule has 0 aliphatic carbocycles. The molecule has 1 aliphatic rings. The molecule has 0 radical (unpaired) electrons. The highest BCUT2D eigenvalue weighted by Gasteiger charge is 2.18. The van der Waals surface area contributed by atoms with Gasteiger partial charge in [-0.2, -0.15) is 0 Å². The maximum atomic E-state index is 4.36. The lowest BCUT2D eigenvalue weighted by atomic mass is 10.0. The minimum Gasteiger partial charge on any atom is -0.311 e.